The van der Waals surface area contributed by atoms with Crippen molar-refractivity contribution in [1.29, 1.82) is 0 Å². The average Bonchev–Trinajstić information content (AvgIpc) is 3.15. The highest BCUT2D eigenvalue weighted by Crippen LogP contribution is 2.43. The minimum Gasteiger partial charge on any atom is -0.462 e. The summed E-state index contributed by atoms with van der Waals surface area (Å²) in [5.41, 5.74) is 0. The van der Waals surface area contributed by atoms with Crippen LogP contribution in [0.25, 0.3) is 0 Å². The second-order valence-corrected chi connectivity index (χ2v) is 17.9. The number of quaternary nitrogens is 1. The topological polar surface area (TPSA) is 108 Å². The molecule has 1 N–H and O–H groups in total. The molecule has 0 heterocycles. The van der Waals surface area contributed by atoms with E-state index in [1.54, 1.807) is 0 Å². The number of phosphoric ester groups is 1. The third kappa shape index (κ3) is 41.9. The van der Waals surface area contributed by atoms with Crippen LogP contribution in [0.4, 0.5) is 0 Å². The number of esters is 2. The zero-order valence-corrected chi connectivity index (χ0v) is 37.8. The number of nitrogens with zero attached hydrogens (tertiary/aromatic N) is 1. The number of unbranched alkanes of at least 4 members (excludes halogenated alkanes) is 21. The van der Waals surface area contributed by atoms with Gasteiger partial charge in [0.1, 0.15) is 19.8 Å². The van der Waals surface area contributed by atoms with Crippen LogP contribution in [0.15, 0.2) is 36.5 Å². The highest BCUT2D eigenvalue weighted by molar-refractivity contribution is 7.47. The van der Waals surface area contributed by atoms with Crippen LogP contribution in [0, 0.1) is 0 Å². The Morgan fingerprint density at radius 3 is 1.50 bits per heavy atom. The minimum absolute atomic E-state index is 0.0213. The van der Waals surface area contributed by atoms with E-state index in [4.69, 9.17) is 18.5 Å². The van der Waals surface area contributed by atoms with E-state index >= 15 is 0 Å². The van der Waals surface area contributed by atoms with Crippen molar-refractivity contribution in [2.75, 3.05) is 47.5 Å². The predicted molar refractivity (Wildman–Crippen MR) is 234 cm³/mol. The Balaban J connectivity index is 4.43. The molecule has 0 radical (unpaired) electrons. The monoisotopic (exact) mass is 813 g/mol. The summed E-state index contributed by atoms with van der Waals surface area (Å²) < 4.78 is 34.2. The molecule has 0 aliphatic heterocycles. The van der Waals surface area contributed by atoms with Crippen LogP contribution in [0.1, 0.15) is 194 Å². The van der Waals surface area contributed by atoms with Crippen molar-refractivity contribution in [2.45, 2.75) is 200 Å². The van der Waals surface area contributed by atoms with Gasteiger partial charge in [0.15, 0.2) is 6.10 Å². The van der Waals surface area contributed by atoms with Gasteiger partial charge in [0, 0.05) is 12.8 Å². The number of ether oxygens (including phenoxy) is 2. The summed E-state index contributed by atoms with van der Waals surface area (Å²) >= 11 is 0. The number of carbonyl (C=O) groups is 2. The molecule has 0 rings (SSSR count). The standard InChI is InChI=1S/C46H86NO8P/c1-6-8-10-12-14-16-18-20-22-23-25-27-29-31-33-35-37-39-46(49)55-44(43-54-56(50,51)53-41-40-47(3,4)5)42-52-45(48)38-36-34-32-30-28-26-24-21-19-17-15-13-11-9-7-2/h22-23,27,29,33,35,44H,6-21,24-26,28,30-32,34,36-43H2,1-5H3/p+1/b23-22-,29-27-,35-33-. The number of carbonyl (C=O) groups excluding carboxylic acids is 2. The molecule has 0 saturated heterocycles. The average molecular weight is 813 g/mol. The van der Waals surface area contributed by atoms with Crippen LogP contribution >= 0.6 is 7.82 Å². The number of hydrogen-bond donors (Lipinski definition) is 1. The highest BCUT2D eigenvalue weighted by atomic mass is 31.2. The first-order valence-corrected chi connectivity index (χ1v) is 24.2. The van der Waals surface area contributed by atoms with Gasteiger partial charge in [-0.3, -0.25) is 18.6 Å². The van der Waals surface area contributed by atoms with E-state index in [0.29, 0.717) is 17.4 Å². The molecule has 0 aliphatic rings. The molecule has 0 fully saturated rings. The number of phosphoric acid groups is 1. The van der Waals surface area contributed by atoms with Gasteiger partial charge in [0.25, 0.3) is 0 Å². The molecule has 0 aromatic heterocycles. The van der Waals surface area contributed by atoms with Gasteiger partial charge < -0.3 is 18.9 Å². The molecular formula is C46H87NO8P+. The van der Waals surface area contributed by atoms with Crippen molar-refractivity contribution in [3.05, 3.63) is 36.5 Å². The molecule has 0 spiro atoms. The zero-order valence-electron chi connectivity index (χ0n) is 36.9. The maximum Gasteiger partial charge on any atom is 0.472 e. The van der Waals surface area contributed by atoms with Crippen LogP contribution in [-0.4, -0.2) is 74.9 Å². The Morgan fingerprint density at radius 1 is 0.554 bits per heavy atom. The van der Waals surface area contributed by atoms with E-state index < -0.39 is 26.5 Å². The van der Waals surface area contributed by atoms with E-state index in [9.17, 15) is 19.0 Å². The summed E-state index contributed by atoms with van der Waals surface area (Å²) in [6.45, 7) is 4.36. The molecule has 0 aliphatic carbocycles. The number of allylic oxidation sites excluding steroid dienone is 6. The molecule has 0 saturated carbocycles. The first-order chi connectivity index (χ1) is 27.0. The number of hydrogen-bond acceptors (Lipinski definition) is 7. The maximum atomic E-state index is 12.7. The summed E-state index contributed by atoms with van der Waals surface area (Å²) in [7, 11) is 1.44. The van der Waals surface area contributed by atoms with Crippen LogP contribution in [0.2, 0.25) is 0 Å². The Labute approximate surface area is 344 Å². The van der Waals surface area contributed by atoms with E-state index in [2.05, 4.69) is 38.2 Å². The van der Waals surface area contributed by atoms with Gasteiger partial charge in [-0.2, -0.15) is 0 Å². The van der Waals surface area contributed by atoms with Crippen molar-refractivity contribution in [1.82, 2.24) is 0 Å². The second-order valence-electron chi connectivity index (χ2n) is 16.4. The molecule has 2 atom stereocenters. The van der Waals surface area contributed by atoms with Crippen molar-refractivity contribution >= 4 is 19.8 Å². The molecule has 0 aromatic rings. The summed E-state index contributed by atoms with van der Waals surface area (Å²) in [5, 5.41) is 0. The Morgan fingerprint density at radius 2 is 1.00 bits per heavy atom. The Bertz CT molecular complexity index is 1050. The van der Waals surface area contributed by atoms with E-state index in [-0.39, 0.29) is 32.0 Å². The first-order valence-electron chi connectivity index (χ1n) is 22.7. The fraction of sp³-hybridized carbons (Fsp3) is 0.826. The largest absolute Gasteiger partial charge is 0.472 e. The minimum atomic E-state index is -4.39. The second kappa shape index (κ2) is 38.7. The number of likely N-dealkylation sites (N-methyl/N-ethyl adjacent to an activating group) is 1. The lowest BCUT2D eigenvalue weighted by Crippen LogP contribution is -2.37. The summed E-state index contributed by atoms with van der Waals surface area (Å²) in [6.07, 6.45) is 43.5. The van der Waals surface area contributed by atoms with Crippen LogP contribution < -0.4 is 0 Å². The summed E-state index contributed by atoms with van der Waals surface area (Å²) in [4.78, 5) is 35.3. The lowest BCUT2D eigenvalue weighted by atomic mass is 10.0. The Hall–Kier alpha value is -1.77. The molecule has 56 heavy (non-hydrogen) atoms. The van der Waals surface area contributed by atoms with Crippen LogP contribution in [0.3, 0.4) is 0 Å². The molecule has 2 unspecified atom stereocenters. The van der Waals surface area contributed by atoms with Crippen molar-refractivity contribution < 1.29 is 42.1 Å². The third-order valence-electron chi connectivity index (χ3n) is 9.69. The van der Waals surface area contributed by atoms with Gasteiger partial charge in [-0.05, 0) is 38.5 Å². The highest BCUT2D eigenvalue weighted by Gasteiger charge is 2.27. The SMILES string of the molecule is CCCCCCCCC/C=C\C/C=C\C/C=C\CCC(=O)OC(COC(=O)CCCCCCCCCCCCCCCCC)COP(=O)(O)OCC[N+](C)(C)C. The molecule has 0 bridgehead atoms. The lowest BCUT2D eigenvalue weighted by molar-refractivity contribution is -0.870. The normalized spacial score (nSPS) is 13.9. The Kier molecular flexibility index (Phi) is 37.5. The van der Waals surface area contributed by atoms with Crippen LogP contribution in [-0.2, 0) is 32.7 Å². The van der Waals surface area contributed by atoms with E-state index in [1.807, 2.05) is 33.3 Å². The van der Waals surface area contributed by atoms with Gasteiger partial charge in [-0.15, -0.1) is 0 Å². The fourth-order valence-corrected chi connectivity index (χ4v) is 6.84. The summed E-state index contributed by atoms with van der Waals surface area (Å²) in [6, 6.07) is 0. The number of rotatable bonds is 41. The molecule has 0 aromatic carbocycles. The zero-order chi connectivity index (χ0) is 41.4. The molecular weight excluding hydrogens is 725 g/mol. The van der Waals surface area contributed by atoms with Crippen LogP contribution in [0.5, 0.6) is 0 Å². The predicted octanol–water partition coefficient (Wildman–Crippen LogP) is 12.9. The van der Waals surface area contributed by atoms with Gasteiger partial charge in [-0.1, -0.05) is 179 Å². The fourth-order valence-electron chi connectivity index (χ4n) is 6.10. The van der Waals surface area contributed by atoms with Gasteiger partial charge in [0.2, 0.25) is 0 Å². The molecule has 0 amide bonds. The van der Waals surface area contributed by atoms with E-state index in [1.165, 1.54) is 122 Å². The summed E-state index contributed by atoms with van der Waals surface area (Å²) in [5.74, 6) is -0.881. The van der Waals surface area contributed by atoms with Gasteiger partial charge in [-0.25, -0.2) is 4.57 Å². The van der Waals surface area contributed by atoms with E-state index in [0.717, 1.165) is 38.5 Å². The third-order valence-corrected chi connectivity index (χ3v) is 10.7. The van der Waals surface area contributed by atoms with Crippen molar-refractivity contribution in [3.8, 4) is 0 Å². The maximum absolute atomic E-state index is 12.7. The lowest BCUT2D eigenvalue weighted by Gasteiger charge is -2.24. The smallest absolute Gasteiger partial charge is 0.462 e. The van der Waals surface area contributed by atoms with Crippen molar-refractivity contribution in [2.24, 2.45) is 0 Å². The van der Waals surface area contributed by atoms with Crippen molar-refractivity contribution in [3.63, 3.8) is 0 Å². The molecule has 328 valence electrons. The first kappa shape index (κ1) is 54.2. The molecule has 10 heteroatoms. The molecule has 9 nitrogen and oxygen atoms in total. The quantitative estimate of drug-likeness (QED) is 0.0214. The van der Waals surface area contributed by atoms with Gasteiger partial charge in [0.05, 0.1) is 27.7 Å². The van der Waals surface area contributed by atoms with Gasteiger partial charge >= 0.3 is 19.8 Å².